The van der Waals surface area contributed by atoms with Gasteiger partial charge in [0.15, 0.2) is 0 Å². The van der Waals surface area contributed by atoms with Gasteiger partial charge in [0, 0.05) is 18.3 Å². The van der Waals surface area contributed by atoms with E-state index in [2.05, 4.69) is 10.4 Å². The lowest BCUT2D eigenvalue weighted by Crippen LogP contribution is -2.27. The summed E-state index contributed by atoms with van der Waals surface area (Å²) in [5, 5.41) is 6.59. The molecular weight excluding hydrogens is 271 g/mol. The molecular formula is C12H12ClFN4O. The first-order chi connectivity index (χ1) is 9.06. The van der Waals surface area contributed by atoms with Gasteiger partial charge in [-0.1, -0.05) is 11.6 Å². The fourth-order valence-corrected chi connectivity index (χ4v) is 1.71. The molecule has 0 saturated heterocycles. The van der Waals surface area contributed by atoms with E-state index in [1.807, 2.05) is 0 Å². The van der Waals surface area contributed by atoms with Crippen LogP contribution in [0.4, 0.5) is 10.1 Å². The number of hydrogen-bond acceptors (Lipinski definition) is 3. The van der Waals surface area contributed by atoms with Gasteiger partial charge < -0.3 is 11.1 Å². The van der Waals surface area contributed by atoms with Crippen LogP contribution in [0.1, 0.15) is 10.4 Å². The first-order valence-electron chi connectivity index (χ1n) is 5.57. The van der Waals surface area contributed by atoms with Crippen molar-refractivity contribution >= 4 is 23.2 Å². The molecule has 0 aliphatic heterocycles. The topological polar surface area (TPSA) is 72.9 Å². The largest absolute Gasteiger partial charge is 0.396 e. The smallest absolute Gasteiger partial charge is 0.251 e. The minimum atomic E-state index is -0.551. The number of nitrogens with two attached hydrogens (primary N) is 1. The lowest BCUT2D eigenvalue weighted by molar-refractivity contribution is 0.0952. The van der Waals surface area contributed by atoms with E-state index in [9.17, 15) is 9.18 Å². The molecule has 1 aromatic carbocycles. The molecule has 0 unspecified atom stereocenters. The predicted molar refractivity (Wildman–Crippen MR) is 70.4 cm³/mol. The number of aromatic nitrogens is 2. The zero-order valence-corrected chi connectivity index (χ0v) is 10.7. The van der Waals surface area contributed by atoms with Gasteiger partial charge in [0.2, 0.25) is 0 Å². The normalized spacial score (nSPS) is 10.4. The molecule has 0 saturated carbocycles. The number of anilines is 1. The minimum absolute atomic E-state index is 0.0764. The summed E-state index contributed by atoms with van der Waals surface area (Å²) in [7, 11) is 0. The first-order valence-corrected chi connectivity index (χ1v) is 5.95. The number of nitrogen functional groups attached to an aromatic ring is 1. The maximum Gasteiger partial charge on any atom is 0.251 e. The molecule has 1 heterocycles. The zero-order chi connectivity index (χ0) is 13.8. The third-order valence-electron chi connectivity index (χ3n) is 2.46. The van der Waals surface area contributed by atoms with Crippen molar-refractivity contribution in [2.24, 2.45) is 0 Å². The number of benzene rings is 1. The number of carbonyl (C=O) groups is 1. The summed E-state index contributed by atoms with van der Waals surface area (Å²) >= 11 is 5.61. The molecule has 0 aliphatic carbocycles. The molecule has 0 radical (unpaired) electrons. The lowest BCUT2D eigenvalue weighted by atomic mass is 10.2. The SMILES string of the molecule is Nc1cnn(CCNC(=O)c2ccc(F)c(Cl)c2)c1. The van der Waals surface area contributed by atoms with Crippen LogP contribution in [0.2, 0.25) is 5.02 Å². The Morgan fingerprint density at radius 3 is 2.95 bits per heavy atom. The molecule has 0 atom stereocenters. The molecule has 0 spiro atoms. The maximum absolute atomic E-state index is 13.0. The summed E-state index contributed by atoms with van der Waals surface area (Å²) < 4.78 is 14.6. The van der Waals surface area contributed by atoms with Gasteiger partial charge in [-0.05, 0) is 18.2 Å². The van der Waals surface area contributed by atoms with E-state index < -0.39 is 5.82 Å². The van der Waals surface area contributed by atoms with Gasteiger partial charge in [0.1, 0.15) is 5.82 Å². The number of nitrogens with zero attached hydrogens (tertiary/aromatic N) is 2. The van der Waals surface area contributed by atoms with Gasteiger partial charge in [0.25, 0.3) is 5.91 Å². The molecule has 0 aliphatic rings. The second-order valence-electron chi connectivity index (χ2n) is 3.92. The van der Waals surface area contributed by atoms with Crippen molar-refractivity contribution in [3.05, 3.63) is 47.0 Å². The van der Waals surface area contributed by atoms with E-state index in [4.69, 9.17) is 17.3 Å². The second kappa shape index (κ2) is 5.71. The van der Waals surface area contributed by atoms with Gasteiger partial charge >= 0.3 is 0 Å². The Balaban J connectivity index is 1.89. The van der Waals surface area contributed by atoms with Crippen LogP contribution in [0.25, 0.3) is 0 Å². The van der Waals surface area contributed by atoms with Gasteiger partial charge in [0.05, 0.1) is 23.5 Å². The van der Waals surface area contributed by atoms with E-state index in [0.29, 0.717) is 24.3 Å². The highest BCUT2D eigenvalue weighted by Gasteiger charge is 2.08. The Bertz CT molecular complexity index is 599. The summed E-state index contributed by atoms with van der Waals surface area (Å²) in [6.45, 7) is 0.882. The molecule has 1 amide bonds. The highest BCUT2D eigenvalue weighted by atomic mass is 35.5. The van der Waals surface area contributed by atoms with Crippen LogP contribution in [0, 0.1) is 5.82 Å². The van der Waals surface area contributed by atoms with Crippen LogP contribution >= 0.6 is 11.6 Å². The Labute approximate surface area is 114 Å². The van der Waals surface area contributed by atoms with Crippen LogP contribution in [-0.4, -0.2) is 22.2 Å². The lowest BCUT2D eigenvalue weighted by Gasteiger charge is -2.06. The molecule has 5 nitrogen and oxygen atoms in total. The van der Waals surface area contributed by atoms with E-state index in [0.717, 1.165) is 6.07 Å². The quantitative estimate of drug-likeness (QED) is 0.896. The van der Waals surface area contributed by atoms with Crippen LogP contribution < -0.4 is 11.1 Å². The minimum Gasteiger partial charge on any atom is -0.396 e. The van der Waals surface area contributed by atoms with E-state index in [-0.39, 0.29) is 10.9 Å². The third kappa shape index (κ3) is 3.45. The first kappa shape index (κ1) is 13.4. The summed E-state index contributed by atoms with van der Waals surface area (Å²) in [5.74, 6) is -0.868. The number of carbonyl (C=O) groups excluding carboxylic acids is 1. The average Bonchev–Trinajstić information content (AvgIpc) is 2.78. The molecule has 7 heteroatoms. The number of rotatable bonds is 4. The third-order valence-corrected chi connectivity index (χ3v) is 2.75. The number of halogens is 2. The highest BCUT2D eigenvalue weighted by molar-refractivity contribution is 6.31. The van der Waals surface area contributed by atoms with Crippen LogP contribution in [0.5, 0.6) is 0 Å². The fourth-order valence-electron chi connectivity index (χ4n) is 1.53. The summed E-state index contributed by atoms with van der Waals surface area (Å²) in [5.41, 5.74) is 6.39. The number of amides is 1. The Morgan fingerprint density at radius 2 is 2.32 bits per heavy atom. The van der Waals surface area contributed by atoms with Crippen LogP contribution in [0.3, 0.4) is 0 Å². The standard InChI is InChI=1S/C12H12ClFN4O/c13-10-5-8(1-2-11(10)14)12(19)16-3-4-18-7-9(15)6-17-18/h1-2,5-7H,3-4,15H2,(H,16,19). The molecule has 19 heavy (non-hydrogen) atoms. The van der Waals surface area contributed by atoms with Crippen molar-refractivity contribution in [2.75, 3.05) is 12.3 Å². The van der Waals surface area contributed by atoms with Crippen molar-refractivity contribution in [3.63, 3.8) is 0 Å². The Hall–Kier alpha value is -2.08. The zero-order valence-electron chi connectivity index (χ0n) is 9.94. The Kier molecular flexibility index (Phi) is 4.01. The van der Waals surface area contributed by atoms with Crippen molar-refractivity contribution in [2.45, 2.75) is 6.54 Å². The molecule has 0 fully saturated rings. The highest BCUT2D eigenvalue weighted by Crippen LogP contribution is 2.15. The van der Waals surface area contributed by atoms with E-state index in [1.54, 1.807) is 10.9 Å². The molecule has 3 N–H and O–H groups in total. The monoisotopic (exact) mass is 282 g/mol. The molecule has 100 valence electrons. The van der Waals surface area contributed by atoms with E-state index in [1.165, 1.54) is 18.3 Å². The van der Waals surface area contributed by atoms with Gasteiger partial charge in [-0.25, -0.2) is 4.39 Å². The van der Waals surface area contributed by atoms with Crippen molar-refractivity contribution in [1.29, 1.82) is 0 Å². The number of hydrogen-bond donors (Lipinski definition) is 2. The number of nitrogens with one attached hydrogen (secondary N) is 1. The molecule has 2 aromatic rings. The summed E-state index contributed by atoms with van der Waals surface area (Å²) in [6, 6.07) is 3.83. The van der Waals surface area contributed by atoms with Crippen LogP contribution in [-0.2, 0) is 6.54 Å². The maximum atomic E-state index is 13.0. The second-order valence-corrected chi connectivity index (χ2v) is 4.33. The fraction of sp³-hybridized carbons (Fsp3) is 0.167. The van der Waals surface area contributed by atoms with E-state index >= 15 is 0 Å². The van der Waals surface area contributed by atoms with Crippen molar-refractivity contribution in [3.8, 4) is 0 Å². The van der Waals surface area contributed by atoms with Gasteiger partial charge in [-0.2, -0.15) is 5.10 Å². The molecule has 1 aromatic heterocycles. The summed E-state index contributed by atoms with van der Waals surface area (Å²) in [4.78, 5) is 11.8. The van der Waals surface area contributed by atoms with Gasteiger partial charge in [-0.3, -0.25) is 9.48 Å². The molecule has 0 bridgehead atoms. The molecule has 2 rings (SSSR count). The van der Waals surface area contributed by atoms with Crippen molar-refractivity contribution in [1.82, 2.24) is 15.1 Å². The van der Waals surface area contributed by atoms with Crippen molar-refractivity contribution < 1.29 is 9.18 Å². The summed E-state index contributed by atoms with van der Waals surface area (Å²) in [6.07, 6.45) is 3.20. The van der Waals surface area contributed by atoms with Crippen LogP contribution in [0.15, 0.2) is 30.6 Å². The Morgan fingerprint density at radius 1 is 1.53 bits per heavy atom. The predicted octanol–water partition coefficient (Wildman–Crippen LogP) is 1.69. The van der Waals surface area contributed by atoms with Gasteiger partial charge in [-0.15, -0.1) is 0 Å². The average molecular weight is 283 g/mol.